The summed E-state index contributed by atoms with van der Waals surface area (Å²) in [5.74, 6) is -1.17. The minimum atomic E-state index is -0.773. The normalized spacial score (nSPS) is 10.7. The molecule has 0 unspecified atom stereocenters. The molecule has 0 aliphatic heterocycles. The van der Waals surface area contributed by atoms with Gasteiger partial charge in [-0.1, -0.05) is 31.5 Å². The summed E-state index contributed by atoms with van der Waals surface area (Å²) in [4.78, 5) is 11.1. The van der Waals surface area contributed by atoms with Crippen LogP contribution in [0, 0.1) is 11.7 Å². The molecule has 0 radical (unpaired) electrons. The van der Waals surface area contributed by atoms with Crippen molar-refractivity contribution >= 4 is 17.5 Å². The predicted octanol–water partition coefficient (Wildman–Crippen LogP) is 2.78. The minimum Gasteiger partial charge on any atom is -0.365 e. The fourth-order valence-corrected chi connectivity index (χ4v) is 1.62. The third-order valence-electron chi connectivity index (χ3n) is 2.06. The maximum absolute atomic E-state index is 13.5. The number of benzene rings is 1. The molecule has 0 saturated heterocycles. The van der Waals surface area contributed by atoms with Crippen molar-refractivity contribution < 1.29 is 9.18 Å². The van der Waals surface area contributed by atoms with Crippen LogP contribution in [-0.2, 0) is 6.42 Å². The van der Waals surface area contributed by atoms with E-state index in [1.54, 1.807) is 6.07 Å². The van der Waals surface area contributed by atoms with Crippen LogP contribution in [-0.4, -0.2) is 5.91 Å². The van der Waals surface area contributed by atoms with Gasteiger partial charge in [0.05, 0.1) is 10.6 Å². The summed E-state index contributed by atoms with van der Waals surface area (Å²) in [5.41, 5.74) is 5.65. The number of carbonyl (C=O) groups is 1. The maximum Gasteiger partial charge on any atom is 0.252 e. The maximum atomic E-state index is 13.5. The first kappa shape index (κ1) is 12.0. The molecule has 4 heteroatoms. The van der Waals surface area contributed by atoms with Crippen molar-refractivity contribution in [3.8, 4) is 0 Å². The van der Waals surface area contributed by atoms with Crippen molar-refractivity contribution in [2.75, 3.05) is 0 Å². The van der Waals surface area contributed by atoms with Gasteiger partial charge >= 0.3 is 0 Å². The van der Waals surface area contributed by atoms with Gasteiger partial charge in [-0.25, -0.2) is 4.39 Å². The van der Waals surface area contributed by atoms with Crippen molar-refractivity contribution in [1.29, 1.82) is 0 Å². The number of carbonyl (C=O) groups excluding carboxylic acids is 1. The molecule has 0 saturated carbocycles. The number of hydrogen-bond donors (Lipinski definition) is 1. The lowest BCUT2D eigenvalue weighted by Gasteiger charge is -2.10. The molecule has 15 heavy (non-hydrogen) atoms. The van der Waals surface area contributed by atoms with Gasteiger partial charge in [-0.05, 0) is 24.0 Å². The van der Waals surface area contributed by atoms with Crippen molar-refractivity contribution in [1.82, 2.24) is 0 Å². The topological polar surface area (TPSA) is 43.1 Å². The second-order valence-electron chi connectivity index (χ2n) is 3.86. The van der Waals surface area contributed by atoms with Gasteiger partial charge in [0, 0.05) is 0 Å². The lowest BCUT2D eigenvalue weighted by Crippen LogP contribution is -2.17. The Bertz CT molecular complexity index is 390. The summed E-state index contributed by atoms with van der Waals surface area (Å²) in [6, 6.07) is 3.09. The molecule has 0 heterocycles. The number of nitrogens with two attached hydrogens (primary N) is 1. The predicted molar refractivity (Wildman–Crippen MR) is 58.5 cm³/mol. The lowest BCUT2D eigenvalue weighted by atomic mass is 9.97. The van der Waals surface area contributed by atoms with Gasteiger partial charge in [0.1, 0.15) is 0 Å². The molecule has 0 atom stereocenters. The molecule has 0 spiro atoms. The summed E-state index contributed by atoms with van der Waals surface area (Å²) in [5, 5.41) is -0.0729. The lowest BCUT2D eigenvalue weighted by molar-refractivity contribution is 0.0995. The van der Waals surface area contributed by atoms with Crippen LogP contribution in [0.25, 0.3) is 0 Å². The second kappa shape index (κ2) is 4.62. The first-order chi connectivity index (χ1) is 6.93. The number of halogens is 2. The van der Waals surface area contributed by atoms with Crippen LogP contribution < -0.4 is 5.73 Å². The van der Waals surface area contributed by atoms with E-state index in [0.29, 0.717) is 17.9 Å². The third-order valence-corrected chi connectivity index (χ3v) is 2.35. The Balaban J connectivity index is 3.27. The van der Waals surface area contributed by atoms with Crippen LogP contribution in [0.5, 0.6) is 0 Å². The molecule has 82 valence electrons. The minimum absolute atomic E-state index is 0.0729. The Morgan fingerprint density at radius 1 is 1.53 bits per heavy atom. The number of primary amides is 1. The largest absolute Gasteiger partial charge is 0.365 e. The summed E-state index contributed by atoms with van der Waals surface area (Å²) in [6.07, 6.45) is 0.604. The molecule has 0 fully saturated rings. The first-order valence-corrected chi connectivity index (χ1v) is 5.08. The zero-order valence-electron chi connectivity index (χ0n) is 8.68. The molecule has 0 bridgehead atoms. The molecular weight excluding hydrogens is 217 g/mol. The monoisotopic (exact) mass is 229 g/mol. The number of amides is 1. The molecule has 1 aromatic carbocycles. The highest BCUT2D eigenvalue weighted by Crippen LogP contribution is 2.23. The van der Waals surface area contributed by atoms with Crippen molar-refractivity contribution in [2.45, 2.75) is 20.3 Å². The summed E-state index contributed by atoms with van der Waals surface area (Å²) in [7, 11) is 0. The van der Waals surface area contributed by atoms with Crippen molar-refractivity contribution in [3.05, 3.63) is 34.1 Å². The molecular formula is C11H13ClFNO. The standard InChI is InChI=1S/C11H13ClFNO/c1-6(2)5-7-3-4-8(12)10(13)9(7)11(14)15/h3-4,6H,5H2,1-2H3,(H2,14,15). The Kier molecular flexibility index (Phi) is 3.69. The molecule has 0 aliphatic rings. The fraction of sp³-hybridized carbons (Fsp3) is 0.364. The van der Waals surface area contributed by atoms with E-state index in [-0.39, 0.29) is 10.6 Å². The van der Waals surface area contributed by atoms with Gasteiger partial charge in [0.25, 0.3) is 5.91 Å². The second-order valence-corrected chi connectivity index (χ2v) is 4.26. The Morgan fingerprint density at radius 3 is 2.60 bits per heavy atom. The highest BCUT2D eigenvalue weighted by Gasteiger charge is 2.17. The summed E-state index contributed by atoms with van der Waals surface area (Å²) >= 11 is 5.58. The van der Waals surface area contributed by atoms with Crippen LogP contribution in [0.3, 0.4) is 0 Å². The smallest absolute Gasteiger partial charge is 0.252 e. The zero-order valence-corrected chi connectivity index (χ0v) is 9.44. The Morgan fingerprint density at radius 2 is 2.13 bits per heavy atom. The van der Waals surface area contributed by atoms with Gasteiger partial charge in [-0.2, -0.15) is 0 Å². The van der Waals surface area contributed by atoms with E-state index in [1.165, 1.54) is 6.07 Å². The summed E-state index contributed by atoms with van der Waals surface area (Å²) < 4.78 is 13.5. The van der Waals surface area contributed by atoms with Crippen LogP contribution in [0.4, 0.5) is 4.39 Å². The number of rotatable bonds is 3. The van der Waals surface area contributed by atoms with E-state index in [4.69, 9.17) is 17.3 Å². The van der Waals surface area contributed by atoms with Gasteiger partial charge in [-0.3, -0.25) is 4.79 Å². The highest BCUT2D eigenvalue weighted by atomic mass is 35.5. The van der Waals surface area contributed by atoms with Crippen LogP contribution in [0.2, 0.25) is 5.02 Å². The van der Waals surface area contributed by atoms with E-state index < -0.39 is 11.7 Å². The fourth-order valence-electron chi connectivity index (χ4n) is 1.47. The van der Waals surface area contributed by atoms with Crippen LogP contribution in [0.1, 0.15) is 29.8 Å². The van der Waals surface area contributed by atoms with Gasteiger partial charge in [0.2, 0.25) is 0 Å². The van der Waals surface area contributed by atoms with Gasteiger partial charge in [0.15, 0.2) is 5.82 Å². The Labute approximate surface area is 93.2 Å². The summed E-state index contributed by atoms with van der Waals surface area (Å²) in [6.45, 7) is 3.97. The molecule has 0 aliphatic carbocycles. The van der Waals surface area contributed by atoms with E-state index in [1.807, 2.05) is 13.8 Å². The molecule has 2 nitrogen and oxygen atoms in total. The van der Waals surface area contributed by atoms with Crippen molar-refractivity contribution in [3.63, 3.8) is 0 Å². The zero-order chi connectivity index (χ0) is 11.6. The SMILES string of the molecule is CC(C)Cc1ccc(Cl)c(F)c1C(N)=O. The average Bonchev–Trinajstić information content (AvgIpc) is 2.10. The molecule has 1 aromatic rings. The van der Waals surface area contributed by atoms with E-state index in [0.717, 1.165) is 0 Å². The molecule has 2 N–H and O–H groups in total. The van der Waals surface area contributed by atoms with Crippen molar-refractivity contribution in [2.24, 2.45) is 11.7 Å². The molecule has 1 amide bonds. The van der Waals surface area contributed by atoms with Crippen LogP contribution >= 0.6 is 11.6 Å². The number of hydrogen-bond acceptors (Lipinski definition) is 1. The third kappa shape index (κ3) is 2.69. The van der Waals surface area contributed by atoms with Gasteiger partial charge in [-0.15, -0.1) is 0 Å². The molecule has 0 aromatic heterocycles. The van der Waals surface area contributed by atoms with Gasteiger partial charge < -0.3 is 5.73 Å². The first-order valence-electron chi connectivity index (χ1n) is 4.70. The molecule has 1 rings (SSSR count). The van der Waals surface area contributed by atoms with E-state index in [9.17, 15) is 9.18 Å². The van der Waals surface area contributed by atoms with Crippen LogP contribution in [0.15, 0.2) is 12.1 Å². The van der Waals surface area contributed by atoms with E-state index >= 15 is 0 Å². The quantitative estimate of drug-likeness (QED) is 0.851. The average molecular weight is 230 g/mol. The Hall–Kier alpha value is -1.09. The van der Waals surface area contributed by atoms with E-state index in [2.05, 4.69) is 0 Å². The highest BCUT2D eigenvalue weighted by molar-refractivity contribution is 6.31.